The van der Waals surface area contributed by atoms with Crippen LogP contribution < -0.4 is 10.9 Å². The van der Waals surface area contributed by atoms with E-state index in [2.05, 4.69) is 5.32 Å². The summed E-state index contributed by atoms with van der Waals surface area (Å²) in [6.07, 6.45) is 0.110. The molecule has 0 aliphatic rings. The molecular formula is C20H19N3O5. The van der Waals surface area contributed by atoms with Crippen molar-refractivity contribution >= 4 is 28.2 Å². The first kappa shape index (κ1) is 19.1. The monoisotopic (exact) mass is 381 g/mol. The highest BCUT2D eigenvalue weighted by Crippen LogP contribution is 2.31. The highest BCUT2D eigenvalue weighted by atomic mass is 16.6. The number of nitrogens with zero attached hydrogens (tertiary/aromatic N) is 2. The molecule has 0 aliphatic heterocycles. The van der Waals surface area contributed by atoms with Gasteiger partial charge in [-0.3, -0.25) is 14.9 Å². The molecule has 0 radical (unpaired) electrons. The lowest BCUT2D eigenvalue weighted by Crippen LogP contribution is -2.33. The van der Waals surface area contributed by atoms with Crippen LogP contribution in [0.25, 0.3) is 10.9 Å². The van der Waals surface area contributed by atoms with Crippen molar-refractivity contribution in [3.05, 3.63) is 80.6 Å². The molecule has 1 aromatic heterocycles. The summed E-state index contributed by atoms with van der Waals surface area (Å²) in [5.41, 5.74) is -0.223. The average molecular weight is 381 g/mol. The number of aryl methyl sites for hydroxylation is 1. The second-order valence-corrected chi connectivity index (χ2v) is 6.27. The molecule has 0 spiro atoms. The smallest absolute Gasteiger partial charge is 0.357 e. The SMILES string of the molecule is CCn1c(=O)c([N+](=O)[O-])c(N[C@H](Cc2ccccc2)C(=O)O)c2ccccc21. The fourth-order valence-electron chi connectivity index (χ4n) is 3.25. The summed E-state index contributed by atoms with van der Waals surface area (Å²) in [5.74, 6) is -1.16. The number of carboxylic acid groups (broad SMARTS) is 1. The normalized spacial score (nSPS) is 11.9. The lowest BCUT2D eigenvalue weighted by atomic mass is 10.0. The minimum atomic E-state index is -1.16. The molecule has 0 unspecified atom stereocenters. The first-order valence-corrected chi connectivity index (χ1v) is 8.77. The topological polar surface area (TPSA) is 114 Å². The molecule has 0 amide bonds. The van der Waals surface area contributed by atoms with Crippen LogP contribution in [0.15, 0.2) is 59.4 Å². The van der Waals surface area contributed by atoms with Crippen molar-refractivity contribution < 1.29 is 14.8 Å². The van der Waals surface area contributed by atoms with Crippen molar-refractivity contribution in [2.75, 3.05) is 5.32 Å². The third-order valence-corrected chi connectivity index (χ3v) is 4.55. The fourth-order valence-corrected chi connectivity index (χ4v) is 3.25. The van der Waals surface area contributed by atoms with Crippen molar-refractivity contribution in [2.24, 2.45) is 0 Å². The quantitative estimate of drug-likeness (QED) is 0.480. The standard InChI is InChI=1S/C20H19N3O5/c1-2-22-16-11-7-6-10-14(16)17(18(19(22)24)23(27)28)21-15(20(25)26)12-13-8-4-3-5-9-13/h3-11,15,21H,2,12H2,1H3,(H,25,26)/t15-/m1/s1. The van der Waals surface area contributed by atoms with Crippen molar-refractivity contribution in [1.29, 1.82) is 0 Å². The highest BCUT2D eigenvalue weighted by molar-refractivity contribution is 5.97. The van der Waals surface area contributed by atoms with Gasteiger partial charge in [-0.1, -0.05) is 48.5 Å². The minimum absolute atomic E-state index is 0.0707. The molecule has 2 aromatic carbocycles. The van der Waals surface area contributed by atoms with Gasteiger partial charge in [0.1, 0.15) is 11.7 Å². The van der Waals surface area contributed by atoms with Crippen LogP contribution in [0.1, 0.15) is 12.5 Å². The molecular weight excluding hydrogens is 362 g/mol. The number of aromatic nitrogens is 1. The highest BCUT2D eigenvalue weighted by Gasteiger charge is 2.29. The summed E-state index contributed by atoms with van der Waals surface area (Å²) in [6.45, 7) is 1.98. The number of aliphatic carboxylic acids is 1. The number of benzene rings is 2. The molecule has 1 atom stereocenters. The number of rotatable bonds is 7. The Labute approximate surface area is 160 Å². The van der Waals surface area contributed by atoms with Crippen molar-refractivity contribution in [2.45, 2.75) is 25.9 Å². The molecule has 0 fully saturated rings. The first-order valence-electron chi connectivity index (χ1n) is 8.77. The van der Waals surface area contributed by atoms with Gasteiger partial charge in [0.25, 0.3) is 0 Å². The molecule has 3 aromatic rings. The summed E-state index contributed by atoms with van der Waals surface area (Å²) in [7, 11) is 0. The van der Waals surface area contributed by atoms with Gasteiger partial charge in [0.2, 0.25) is 0 Å². The third kappa shape index (κ3) is 3.57. The van der Waals surface area contributed by atoms with E-state index in [1.165, 1.54) is 4.57 Å². The van der Waals surface area contributed by atoms with Gasteiger partial charge in [0.05, 0.1) is 10.4 Å². The predicted molar refractivity (Wildman–Crippen MR) is 106 cm³/mol. The van der Waals surface area contributed by atoms with Crippen LogP contribution in [-0.4, -0.2) is 26.6 Å². The second kappa shape index (κ2) is 7.91. The molecule has 0 aliphatic carbocycles. The zero-order chi connectivity index (χ0) is 20.3. The van der Waals surface area contributed by atoms with Crippen molar-refractivity contribution in [1.82, 2.24) is 4.57 Å². The number of anilines is 1. The number of fused-ring (bicyclic) bond motifs is 1. The number of nitrogens with one attached hydrogen (secondary N) is 1. The Morgan fingerprint density at radius 2 is 1.82 bits per heavy atom. The first-order chi connectivity index (χ1) is 13.4. The summed E-state index contributed by atoms with van der Waals surface area (Å²) in [6, 6.07) is 14.5. The molecule has 8 heteroatoms. The number of carbonyl (C=O) groups is 1. The van der Waals surface area contributed by atoms with Crippen LogP contribution in [-0.2, 0) is 17.8 Å². The van der Waals surface area contributed by atoms with E-state index in [0.29, 0.717) is 10.9 Å². The molecule has 1 heterocycles. The number of hydrogen-bond acceptors (Lipinski definition) is 5. The number of nitro groups is 1. The number of pyridine rings is 1. The van der Waals surface area contributed by atoms with Crippen LogP contribution in [0.3, 0.4) is 0 Å². The third-order valence-electron chi connectivity index (χ3n) is 4.55. The molecule has 144 valence electrons. The molecule has 28 heavy (non-hydrogen) atoms. The molecule has 2 N–H and O–H groups in total. The van der Waals surface area contributed by atoms with E-state index in [4.69, 9.17) is 0 Å². The Hall–Kier alpha value is -3.68. The van der Waals surface area contributed by atoms with E-state index in [1.807, 2.05) is 6.07 Å². The van der Waals surface area contributed by atoms with E-state index in [0.717, 1.165) is 5.56 Å². The van der Waals surface area contributed by atoms with Crippen LogP contribution in [0.5, 0.6) is 0 Å². The number of hydrogen-bond donors (Lipinski definition) is 2. The van der Waals surface area contributed by atoms with Gasteiger partial charge in [0.15, 0.2) is 0 Å². The molecule has 0 saturated carbocycles. The Bertz CT molecular complexity index is 1090. The van der Waals surface area contributed by atoms with E-state index in [1.54, 1.807) is 55.5 Å². The van der Waals surface area contributed by atoms with Gasteiger partial charge in [-0.05, 0) is 18.6 Å². The van der Waals surface area contributed by atoms with E-state index >= 15 is 0 Å². The Morgan fingerprint density at radius 1 is 1.18 bits per heavy atom. The van der Waals surface area contributed by atoms with Crippen LogP contribution in [0.4, 0.5) is 11.4 Å². The Kier molecular flexibility index (Phi) is 5.39. The van der Waals surface area contributed by atoms with Crippen molar-refractivity contribution in [3.8, 4) is 0 Å². The predicted octanol–water partition coefficient (Wildman–Crippen LogP) is 3.04. The van der Waals surface area contributed by atoms with Gasteiger partial charge in [-0.2, -0.15) is 0 Å². The lowest BCUT2D eigenvalue weighted by Gasteiger charge is -2.19. The summed E-state index contributed by atoms with van der Waals surface area (Å²) in [4.78, 5) is 35.4. The maximum Gasteiger partial charge on any atom is 0.357 e. The molecule has 0 bridgehead atoms. The van der Waals surface area contributed by atoms with Gasteiger partial charge < -0.3 is 15.0 Å². The summed E-state index contributed by atoms with van der Waals surface area (Å²) < 4.78 is 1.31. The van der Waals surface area contributed by atoms with Gasteiger partial charge in [-0.25, -0.2) is 4.79 Å². The maximum atomic E-state index is 12.7. The number of para-hydroxylation sites is 1. The maximum absolute atomic E-state index is 12.7. The lowest BCUT2D eigenvalue weighted by molar-refractivity contribution is -0.385. The van der Waals surface area contributed by atoms with Gasteiger partial charge >= 0.3 is 17.2 Å². The molecule has 3 rings (SSSR count). The zero-order valence-electron chi connectivity index (χ0n) is 15.2. The van der Waals surface area contributed by atoms with E-state index < -0.39 is 28.2 Å². The number of carboxylic acids is 1. The van der Waals surface area contributed by atoms with E-state index in [-0.39, 0.29) is 18.7 Å². The van der Waals surface area contributed by atoms with Crippen LogP contribution in [0, 0.1) is 10.1 Å². The van der Waals surface area contributed by atoms with Crippen LogP contribution in [0.2, 0.25) is 0 Å². The zero-order valence-corrected chi connectivity index (χ0v) is 15.2. The second-order valence-electron chi connectivity index (χ2n) is 6.27. The average Bonchev–Trinajstić information content (AvgIpc) is 2.68. The Balaban J connectivity index is 2.18. The molecule has 8 nitrogen and oxygen atoms in total. The molecule has 0 saturated heterocycles. The Morgan fingerprint density at radius 3 is 2.43 bits per heavy atom. The van der Waals surface area contributed by atoms with Crippen molar-refractivity contribution in [3.63, 3.8) is 0 Å². The summed E-state index contributed by atoms with van der Waals surface area (Å²) >= 11 is 0. The van der Waals surface area contributed by atoms with Gasteiger partial charge in [0, 0.05) is 18.4 Å². The largest absolute Gasteiger partial charge is 0.480 e. The summed E-state index contributed by atoms with van der Waals surface area (Å²) in [5, 5.41) is 24.5. The fraction of sp³-hybridized carbons (Fsp3) is 0.200. The van der Waals surface area contributed by atoms with Crippen LogP contribution >= 0.6 is 0 Å². The minimum Gasteiger partial charge on any atom is -0.480 e. The van der Waals surface area contributed by atoms with E-state index in [9.17, 15) is 24.8 Å². The van der Waals surface area contributed by atoms with Gasteiger partial charge in [-0.15, -0.1) is 0 Å².